The second kappa shape index (κ2) is 7.51. The molecule has 1 saturated heterocycles. The molecule has 1 fully saturated rings. The SMILES string of the molecule is O=C(CCCl)NC1CCCN(Cc2ccccc2)C1. The fourth-order valence-corrected chi connectivity index (χ4v) is 2.72. The van der Waals surface area contributed by atoms with E-state index in [2.05, 4.69) is 34.5 Å². The van der Waals surface area contributed by atoms with E-state index in [9.17, 15) is 4.79 Å². The molecule has 0 radical (unpaired) electrons. The van der Waals surface area contributed by atoms with Crippen molar-refractivity contribution in [1.82, 2.24) is 10.2 Å². The van der Waals surface area contributed by atoms with Gasteiger partial charge in [0.25, 0.3) is 0 Å². The molecule has 0 spiro atoms. The Morgan fingerprint density at radius 1 is 1.37 bits per heavy atom. The number of benzene rings is 1. The molecule has 1 atom stereocenters. The highest BCUT2D eigenvalue weighted by Crippen LogP contribution is 2.13. The standard InChI is InChI=1S/C15H21ClN2O/c16-9-8-15(19)17-14-7-4-10-18(12-14)11-13-5-2-1-3-6-13/h1-3,5-6,14H,4,7-12H2,(H,17,19). The Balaban J connectivity index is 1.82. The molecule has 1 amide bonds. The minimum Gasteiger partial charge on any atom is -0.352 e. The Morgan fingerprint density at radius 3 is 2.89 bits per heavy atom. The molecule has 3 nitrogen and oxygen atoms in total. The molecule has 0 saturated carbocycles. The molecule has 4 heteroatoms. The van der Waals surface area contributed by atoms with E-state index in [-0.39, 0.29) is 11.9 Å². The molecule has 1 unspecified atom stereocenters. The first-order chi connectivity index (χ1) is 9.28. The number of piperidine rings is 1. The van der Waals surface area contributed by atoms with Gasteiger partial charge in [-0.2, -0.15) is 0 Å². The number of carbonyl (C=O) groups is 1. The molecule has 0 aliphatic carbocycles. The fraction of sp³-hybridized carbons (Fsp3) is 0.533. The number of likely N-dealkylation sites (tertiary alicyclic amines) is 1. The van der Waals surface area contributed by atoms with Crippen LogP contribution in [0.3, 0.4) is 0 Å². The second-order valence-corrected chi connectivity index (χ2v) is 5.44. The number of hydrogen-bond donors (Lipinski definition) is 1. The summed E-state index contributed by atoms with van der Waals surface area (Å²) in [6.07, 6.45) is 2.62. The minimum absolute atomic E-state index is 0.0709. The monoisotopic (exact) mass is 280 g/mol. The number of halogens is 1. The average Bonchev–Trinajstić information content (AvgIpc) is 2.40. The van der Waals surface area contributed by atoms with Crippen LogP contribution < -0.4 is 5.32 Å². The summed E-state index contributed by atoms with van der Waals surface area (Å²) in [6.45, 7) is 3.00. The molecular formula is C15H21ClN2O. The number of rotatable bonds is 5. The largest absolute Gasteiger partial charge is 0.352 e. The van der Waals surface area contributed by atoms with E-state index in [1.807, 2.05) is 6.07 Å². The Hall–Kier alpha value is -1.06. The molecule has 0 bridgehead atoms. The molecule has 1 aliphatic heterocycles. The summed E-state index contributed by atoms with van der Waals surface area (Å²) in [4.78, 5) is 14.0. The highest BCUT2D eigenvalue weighted by molar-refractivity contribution is 6.18. The van der Waals surface area contributed by atoms with Crippen LogP contribution in [0.2, 0.25) is 0 Å². The summed E-state index contributed by atoms with van der Waals surface area (Å²) in [5, 5.41) is 3.07. The van der Waals surface area contributed by atoms with Gasteiger partial charge >= 0.3 is 0 Å². The zero-order valence-corrected chi connectivity index (χ0v) is 11.9. The summed E-state index contributed by atoms with van der Waals surface area (Å²) in [7, 11) is 0. The van der Waals surface area contributed by atoms with E-state index in [0.717, 1.165) is 32.5 Å². The highest BCUT2D eigenvalue weighted by Gasteiger charge is 2.21. The lowest BCUT2D eigenvalue weighted by molar-refractivity contribution is -0.121. The lowest BCUT2D eigenvalue weighted by Crippen LogP contribution is -2.47. The first-order valence-corrected chi connectivity index (χ1v) is 7.43. The Bertz CT molecular complexity index is 396. The van der Waals surface area contributed by atoms with Gasteiger partial charge < -0.3 is 5.32 Å². The van der Waals surface area contributed by atoms with E-state index >= 15 is 0 Å². The van der Waals surface area contributed by atoms with Gasteiger partial charge in [-0.25, -0.2) is 0 Å². The molecule has 1 N–H and O–H groups in total. The first kappa shape index (κ1) is 14.4. The molecule has 1 aromatic carbocycles. The van der Waals surface area contributed by atoms with Crippen LogP contribution in [-0.4, -0.2) is 35.8 Å². The van der Waals surface area contributed by atoms with E-state index in [0.29, 0.717) is 12.3 Å². The average molecular weight is 281 g/mol. The zero-order valence-electron chi connectivity index (χ0n) is 11.1. The van der Waals surface area contributed by atoms with Gasteiger partial charge in [-0.05, 0) is 24.9 Å². The topological polar surface area (TPSA) is 32.3 Å². The molecule has 1 aromatic rings. The smallest absolute Gasteiger partial charge is 0.221 e. The van der Waals surface area contributed by atoms with Crippen LogP contribution in [0.1, 0.15) is 24.8 Å². The van der Waals surface area contributed by atoms with Gasteiger partial charge in [0, 0.05) is 31.4 Å². The van der Waals surface area contributed by atoms with Crippen molar-refractivity contribution in [3.05, 3.63) is 35.9 Å². The molecule has 1 heterocycles. The number of amides is 1. The van der Waals surface area contributed by atoms with Gasteiger partial charge in [0.15, 0.2) is 0 Å². The first-order valence-electron chi connectivity index (χ1n) is 6.89. The molecule has 104 valence electrons. The van der Waals surface area contributed by atoms with Crippen LogP contribution >= 0.6 is 11.6 Å². The van der Waals surface area contributed by atoms with Gasteiger partial charge in [-0.1, -0.05) is 30.3 Å². The van der Waals surface area contributed by atoms with Crippen LogP contribution in [0.4, 0.5) is 0 Å². The summed E-state index contributed by atoms with van der Waals surface area (Å²) in [5.41, 5.74) is 1.33. The van der Waals surface area contributed by atoms with Gasteiger partial charge in [0.2, 0.25) is 5.91 Å². The van der Waals surface area contributed by atoms with E-state index in [1.54, 1.807) is 0 Å². The summed E-state index contributed by atoms with van der Waals surface area (Å²) in [6, 6.07) is 10.7. The van der Waals surface area contributed by atoms with Crippen molar-refractivity contribution in [1.29, 1.82) is 0 Å². The molecule has 0 aromatic heterocycles. The van der Waals surface area contributed by atoms with Crippen LogP contribution in [-0.2, 0) is 11.3 Å². The normalized spacial score (nSPS) is 20.2. The number of hydrogen-bond acceptors (Lipinski definition) is 2. The Morgan fingerprint density at radius 2 is 2.16 bits per heavy atom. The number of nitrogens with zero attached hydrogens (tertiary/aromatic N) is 1. The third-order valence-corrected chi connectivity index (χ3v) is 3.63. The van der Waals surface area contributed by atoms with Gasteiger partial charge in [0.05, 0.1) is 0 Å². The molecule has 19 heavy (non-hydrogen) atoms. The zero-order chi connectivity index (χ0) is 13.5. The maximum absolute atomic E-state index is 11.6. The maximum Gasteiger partial charge on any atom is 0.221 e. The predicted octanol–water partition coefficient (Wildman–Crippen LogP) is 2.40. The summed E-state index contributed by atoms with van der Waals surface area (Å²) < 4.78 is 0. The van der Waals surface area contributed by atoms with Crippen molar-refractivity contribution >= 4 is 17.5 Å². The van der Waals surface area contributed by atoms with E-state index < -0.39 is 0 Å². The lowest BCUT2D eigenvalue weighted by atomic mass is 10.0. The molecular weight excluding hydrogens is 260 g/mol. The quantitative estimate of drug-likeness (QED) is 0.840. The van der Waals surface area contributed by atoms with Gasteiger partial charge in [-0.15, -0.1) is 11.6 Å². The number of nitrogens with one attached hydrogen (secondary N) is 1. The van der Waals surface area contributed by atoms with Gasteiger partial charge in [-0.3, -0.25) is 9.69 Å². The maximum atomic E-state index is 11.6. The van der Waals surface area contributed by atoms with E-state index in [1.165, 1.54) is 5.56 Å². The highest BCUT2D eigenvalue weighted by atomic mass is 35.5. The van der Waals surface area contributed by atoms with Crippen molar-refractivity contribution in [2.75, 3.05) is 19.0 Å². The van der Waals surface area contributed by atoms with Crippen LogP contribution in [0.15, 0.2) is 30.3 Å². The van der Waals surface area contributed by atoms with Crippen molar-refractivity contribution in [3.63, 3.8) is 0 Å². The van der Waals surface area contributed by atoms with E-state index in [4.69, 9.17) is 11.6 Å². The number of alkyl halides is 1. The second-order valence-electron chi connectivity index (χ2n) is 5.07. The van der Waals surface area contributed by atoms with Crippen molar-refractivity contribution in [2.24, 2.45) is 0 Å². The fourth-order valence-electron chi connectivity index (χ4n) is 2.54. The third-order valence-electron chi connectivity index (χ3n) is 3.44. The predicted molar refractivity (Wildman–Crippen MR) is 78.2 cm³/mol. The van der Waals surface area contributed by atoms with Crippen molar-refractivity contribution in [2.45, 2.75) is 31.8 Å². The molecule has 2 rings (SSSR count). The van der Waals surface area contributed by atoms with Gasteiger partial charge in [0.1, 0.15) is 0 Å². The molecule has 1 aliphatic rings. The van der Waals surface area contributed by atoms with Crippen LogP contribution in [0, 0.1) is 0 Å². The van der Waals surface area contributed by atoms with Crippen LogP contribution in [0.5, 0.6) is 0 Å². The van der Waals surface area contributed by atoms with Crippen LogP contribution in [0.25, 0.3) is 0 Å². The third kappa shape index (κ3) is 4.84. The Labute approximate surface area is 119 Å². The summed E-state index contributed by atoms with van der Waals surface area (Å²) >= 11 is 5.58. The van der Waals surface area contributed by atoms with Crippen molar-refractivity contribution in [3.8, 4) is 0 Å². The lowest BCUT2D eigenvalue weighted by Gasteiger charge is -2.33. The number of carbonyl (C=O) groups excluding carboxylic acids is 1. The summed E-state index contributed by atoms with van der Waals surface area (Å²) in [5.74, 6) is 0.466. The minimum atomic E-state index is 0.0709. The Kier molecular flexibility index (Phi) is 5.67. The van der Waals surface area contributed by atoms with Crippen molar-refractivity contribution < 1.29 is 4.79 Å².